The minimum absolute atomic E-state index is 0. The van der Waals surface area contributed by atoms with Crippen LogP contribution >= 0.6 is 24.0 Å². The fraction of sp³-hybridized carbons (Fsp3) is 0.522. The number of hydrogen-bond acceptors (Lipinski definition) is 4. The quantitative estimate of drug-likeness (QED) is 0.129. The average molecular weight is 555 g/mol. The summed E-state index contributed by atoms with van der Waals surface area (Å²) in [6, 6.07) is 6.54. The highest BCUT2D eigenvalue weighted by molar-refractivity contribution is 14.0. The summed E-state index contributed by atoms with van der Waals surface area (Å²) >= 11 is 0. The van der Waals surface area contributed by atoms with Gasteiger partial charge in [0.1, 0.15) is 5.82 Å². The van der Waals surface area contributed by atoms with Gasteiger partial charge in [0.2, 0.25) is 11.8 Å². The number of benzene rings is 1. The predicted molar refractivity (Wildman–Crippen MR) is 134 cm³/mol. The Morgan fingerprint density at radius 2 is 1.81 bits per heavy atom. The number of carbonyl (C=O) groups excluding carboxylic acids is 2. The second-order valence-electron chi connectivity index (χ2n) is 8.51. The van der Waals surface area contributed by atoms with E-state index in [0.717, 1.165) is 25.1 Å². The molecule has 4 atom stereocenters. The van der Waals surface area contributed by atoms with E-state index in [9.17, 15) is 14.0 Å². The highest BCUT2D eigenvalue weighted by Gasteiger charge is 2.58. The van der Waals surface area contributed by atoms with Gasteiger partial charge in [-0.3, -0.25) is 19.5 Å². The Morgan fingerprint density at radius 3 is 2.44 bits per heavy atom. The van der Waals surface area contributed by atoms with Gasteiger partial charge in [-0.2, -0.15) is 0 Å². The molecule has 9 heteroatoms. The van der Waals surface area contributed by atoms with Gasteiger partial charge in [-0.15, -0.1) is 24.0 Å². The van der Waals surface area contributed by atoms with Crippen LogP contribution in [0.3, 0.4) is 0 Å². The third-order valence-corrected chi connectivity index (χ3v) is 6.62. The molecule has 2 amide bonds. The zero-order chi connectivity index (χ0) is 22.0. The van der Waals surface area contributed by atoms with Gasteiger partial charge in [-0.1, -0.05) is 18.2 Å². The monoisotopic (exact) mass is 555 g/mol. The number of rotatable bonds is 8. The Hall–Kier alpha value is -2.17. The van der Waals surface area contributed by atoms with Gasteiger partial charge in [0.05, 0.1) is 11.8 Å². The van der Waals surface area contributed by atoms with E-state index in [1.165, 1.54) is 17.0 Å². The van der Waals surface area contributed by atoms with E-state index >= 15 is 0 Å². The summed E-state index contributed by atoms with van der Waals surface area (Å²) in [5, 5.41) is 6.42. The van der Waals surface area contributed by atoms with Gasteiger partial charge >= 0.3 is 0 Å². The number of amides is 2. The van der Waals surface area contributed by atoms with E-state index < -0.39 is 0 Å². The largest absolute Gasteiger partial charge is 0.374 e. The molecular weight excluding hydrogens is 524 g/mol. The first-order valence-electron chi connectivity index (χ1n) is 10.9. The molecule has 1 aromatic rings. The highest BCUT2D eigenvalue weighted by Crippen LogP contribution is 2.52. The predicted octanol–water partition coefficient (Wildman–Crippen LogP) is 2.24. The van der Waals surface area contributed by atoms with Gasteiger partial charge in [0.25, 0.3) is 0 Å². The molecule has 174 valence electrons. The first-order valence-corrected chi connectivity index (χ1v) is 10.9. The van der Waals surface area contributed by atoms with Gasteiger partial charge in [0, 0.05) is 46.0 Å². The van der Waals surface area contributed by atoms with Crippen molar-refractivity contribution in [2.75, 3.05) is 45.2 Å². The number of hydrogen-bond donors (Lipinski definition) is 2. The molecule has 1 heterocycles. The Labute approximate surface area is 205 Å². The normalized spacial score (nSPS) is 25.7. The summed E-state index contributed by atoms with van der Waals surface area (Å²) in [5.41, 5.74) is 0.843. The van der Waals surface area contributed by atoms with E-state index in [2.05, 4.69) is 27.8 Å². The first kappa shape index (κ1) is 24.5. The molecule has 1 aromatic carbocycles. The average Bonchev–Trinajstić information content (AvgIpc) is 3.44. The summed E-state index contributed by atoms with van der Waals surface area (Å²) in [6.07, 6.45) is 6.01. The van der Waals surface area contributed by atoms with E-state index in [-0.39, 0.29) is 65.3 Å². The molecule has 0 radical (unpaired) electrons. The fourth-order valence-electron chi connectivity index (χ4n) is 5.06. The van der Waals surface area contributed by atoms with Gasteiger partial charge in [-0.05, 0) is 42.9 Å². The van der Waals surface area contributed by atoms with Crippen LogP contribution in [0.25, 0.3) is 0 Å². The maximum atomic E-state index is 13.3. The third kappa shape index (κ3) is 4.92. The summed E-state index contributed by atoms with van der Waals surface area (Å²) in [5.74, 6) is 0.553. The molecule has 3 aliphatic rings. The smallest absolute Gasteiger partial charge is 0.233 e. The van der Waals surface area contributed by atoms with Crippen LogP contribution in [-0.2, 0) is 9.59 Å². The Bertz CT molecular complexity index is 878. The van der Waals surface area contributed by atoms with Crippen molar-refractivity contribution < 1.29 is 14.0 Å². The molecule has 0 aromatic heterocycles. The van der Waals surface area contributed by atoms with Crippen molar-refractivity contribution in [3.63, 3.8) is 0 Å². The topological polar surface area (TPSA) is 77.0 Å². The standard InChI is InChI=1S/C23H30FN5O2.HI/c1-25-23(26-9-4-11-28(2)18-6-3-5-17(24)14-18)27-10-12-29-21(30)19-15-7-8-16(13-15)20(19)22(29)31;/h3,5-8,14-16,19-20H,4,9-13H2,1-2H3,(H2,25,26,27);1H. The summed E-state index contributed by atoms with van der Waals surface area (Å²) in [4.78, 5) is 33.1. The number of halogens is 2. The van der Waals surface area contributed by atoms with Crippen LogP contribution < -0.4 is 15.5 Å². The number of imide groups is 1. The highest BCUT2D eigenvalue weighted by atomic mass is 127. The van der Waals surface area contributed by atoms with Crippen LogP contribution in [0.2, 0.25) is 0 Å². The molecule has 1 aliphatic heterocycles. The molecule has 0 spiro atoms. The number of nitrogens with one attached hydrogen (secondary N) is 2. The maximum absolute atomic E-state index is 13.3. The molecule has 2 bridgehead atoms. The lowest BCUT2D eigenvalue weighted by Crippen LogP contribution is -2.44. The van der Waals surface area contributed by atoms with Crippen LogP contribution in [-0.4, -0.2) is 62.9 Å². The van der Waals surface area contributed by atoms with Crippen molar-refractivity contribution >= 4 is 47.4 Å². The maximum Gasteiger partial charge on any atom is 0.233 e. The van der Waals surface area contributed by atoms with E-state index in [1.807, 2.05) is 18.0 Å². The molecular formula is C23H31FIN5O2. The van der Waals surface area contributed by atoms with E-state index in [0.29, 0.717) is 25.6 Å². The van der Waals surface area contributed by atoms with Crippen LogP contribution in [0.5, 0.6) is 0 Å². The van der Waals surface area contributed by atoms with Crippen molar-refractivity contribution in [2.45, 2.75) is 12.8 Å². The molecule has 4 unspecified atom stereocenters. The Balaban J connectivity index is 0.00000289. The van der Waals surface area contributed by atoms with Crippen LogP contribution in [0, 0.1) is 29.5 Å². The van der Waals surface area contributed by atoms with E-state index in [4.69, 9.17) is 0 Å². The first-order chi connectivity index (χ1) is 15.0. The molecule has 7 nitrogen and oxygen atoms in total. The van der Waals surface area contributed by atoms with Gasteiger partial charge in [0.15, 0.2) is 5.96 Å². The molecule has 1 saturated heterocycles. The van der Waals surface area contributed by atoms with Crippen molar-refractivity contribution in [2.24, 2.45) is 28.7 Å². The zero-order valence-electron chi connectivity index (χ0n) is 18.5. The second kappa shape index (κ2) is 10.6. The van der Waals surface area contributed by atoms with Crippen LogP contribution in [0.4, 0.5) is 10.1 Å². The number of anilines is 1. The molecule has 1 saturated carbocycles. The van der Waals surface area contributed by atoms with Crippen LogP contribution in [0.1, 0.15) is 12.8 Å². The minimum Gasteiger partial charge on any atom is -0.374 e. The SMILES string of the molecule is CN=C(NCCCN(C)c1cccc(F)c1)NCCN1C(=O)C2C3C=CC(C3)C2C1=O.I. The van der Waals surface area contributed by atoms with Crippen molar-refractivity contribution in [3.8, 4) is 0 Å². The van der Waals surface area contributed by atoms with Crippen LogP contribution in [0.15, 0.2) is 41.4 Å². The number of likely N-dealkylation sites (tertiary alicyclic amines) is 1. The molecule has 2 aliphatic carbocycles. The van der Waals surface area contributed by atoms with Gasteiger partial charge in [-0.25, -0.2) is 4.39 Å². The number of fused-ring (bicyclic) bond motifs is 5. The number of nitrogens with zero attached hydrogens (tertiary/aromatic N) is 3. The number of aliphatic imine (C=N–C) groups is 1. The number of carbonyl (C=O) groups is 2. The Morgan fingerprint density at radius 1 is 1.16 bits per heavy atom. The van der Waals surface area contributed by atoms with Crippen molar-refractivity contribution in [3.05, 3.63) is 42.2 Å². The zero-order valence-corrected chi connectivity index (χ0v) is 20.8. The number of guanidine groups is 1. The fourth-order valence-corrected chi connectivity index (χ4v) is 5.06. The van der Waals surface area contributed by atoms with Crippen molar-refractivity contribution in [1.82, 2.24) is 15.5 Å². The summed E-state index contributed by atoms with van der Waals surface area (Å²) in [7, 11) is 3.62. The second-order valence-corrected chi connectivity index (χ2v) is 8.51. The Kier molecular flexibility index (Phi) is 8.13. The third-order valence-electron chi connectivity index (χ3n) is 6.62. The summed E-state index contributed by atoms with van der Waals surface area (Å²) < 4.78 is 13.3. The van der Waals surface area contributed by atoms with E-state index in [1.54, 1.807) is 13.1 Å². The van der Waals surface area contributed by atoms with Gasteiger partial charge < -0.3 is 15.5 Å². The minimum atomic E-state index is -0.241. The molecule has 32 heavy (non-hydrogen) atoms. The lowest BCUT2D eigenvalue weighted by Gasteiger charge is -2.20. The lowest BCUT2D eigenvalue weighted by atomic mass is 9.85. The lowest BCUT2D eigenvalue weighted by molar-refractivity contribution is -0.140. The molecule has 4 rings (SSSR count). The van der Waals surface area contributed by atoms with Crippen molar-refractivity contribution in [1.29, 1.82) is 0 Å². The summed E-state index contributed by atoms with van der Waals surface area (Å²) in [6.45, 7) is 2.28. The number of allylic oxidation sites excluding steroid dienone is 2. The molecule has 2 fully saturated rings. The molecule has 2 N–H and O–H groups in total.